The van der Waals surface area contributed by atoms with E-state index >= 15 is 0 Å². The van der Waals surface area contributed by atoms with E-state index in [4.69, 9.17) is 4.74 Å². The smallest absolute Gasteiger partial charge is 0.469 e. The van der Waals surface area contributed by atoms with E-state index in [1.54, 1.807) is 20.8 Å². The van der Waals surface area contributed by atoms with Crippen molar-refractivity contribution in [2.75, 3.05) is 13.7 Å². The molecule has 0 aromatic carbocycles. The maximum absolute atomic E-state index is 12.8. The van der Waals surface area contributed by atoms with Crippen LogP contribution in [0, 0.1) is 5.92 Å². The van der Waals surface area contributed by atoms with Crippen molar-refractivity contribution in [3.8, 4) is 0 Å². The van der Waals surface area contributed by atoms with Crippen molar-refractivity contribution in [1.29, 1.82) is 0 Å². The average Bonchev–Trinajstić information content (AvgIpc) is 2.43. The molecule has 0 N–H and O–H groups in total. The molecule has 0 aliphatic carbocycles. The maximum atomic E-state index is 12.8. The molecule has 1 saturated heterocycles. The Morgan fingerprint density at radius 3 is 2.21 bits per heavy atom. The highest BCUT2D eigenvalue weighted by molar-refractivity contribution is 5.88. The van der Waals surface area contributed by atoms with Gasteiger partial charge in [-0.1, -0.05) is 0 Å². The SMILES string of the molecule is COC(=O)C[C@H]1CCCN(C(=O)C(F)(F)F)[C@H]1C(=O)OC(C)(C)C. The molecule has 9 heteroatoms. The molecule has 1 aliphatic heterocycles. The molecule has 1 heterocycles. The molecule has 6 nitrogen and oxygen atoms in total. The molecule has 1 aliphatic rings. The number of halogens is 3. The summed E-state index contributed by atoms with van der Waals surface area (Å²) >= 11 is 0. The van der Waals surface area contributed by atoms with Gasteiger partial charge in [0.15, 0.2) is 0 Å². The van der Waals surface area contributed by atoms with E-state index < -0.39 is 41.6 Å². The van der Waals surface area contributed by atoms with Crippen molar-refractivity contribution in [2.45, 2.75) is 57.9 Å². The highest BCUT2D eigenvalue weighted by Gasteiger charge is 2.50. The predicted octanol–water partition coefficient (Wildman–Crippen LogP) is 2.06. The summed E-state index contributed by atoms with van der Waals surface area (Å²) in [6, 6.07) is -1.47. The van der Waals surface area contributed by atoms with Gasteiger partial charge >= 0.3 is 24.0 Å². The van der Waals surface area contributed by atoms with Crippen LogP contribution in [-0.4, -0.2) is 54.2 Å². The summed E-state index contributed by atoms with van der Waals surface area (Å²) in [5.74, 6) is -4.50. The molecular weight excluding hydrogens is 331 g/mol. The van der Waals surface area contributed by atoms with E-state index in [-0.39, 0.29) is 19.4 Å². The average molecular weight is 353 g/mol. The number of ether oxygens (including phenoxy) is 2. The topological polar surface area (TPSA) is 72.9 Å². The molecule has 24 heavy (non-hydrogen) atoms. The third-order valence-electron chi connectivity index (χ3n) is 3.56. The highest BCUT2D eigenvalue weighted by atomic mass is 19.4. The summed E-state index contributed by atoms with van der Waals surface area (Å²) < 4.78 is 48.2. The summed E-state index contributed by atoms with van der Waals surface area (Å²) in [6.07, 6.45) is -4.79. The minimum atomic E-state index is -5.10. The van der Waals surface area contributed by atoms with Gasteiger partial charge in [-0.2, -0.15) is 13.2 Å². The Morgan fingerprint density at radius 1 is 1.17 bits per heavy atom. The van der Waals surface area contributed by atoms with Crippen molar-refractivity contribution in [3.63, 3.8) is 0 Å². The number of esters is 2. The van der Waals surface area contributed by atoms with Gasteiger partial charge in [0.05, 0.1) is 13.5 Å². The lowest BCUT2D eigenvalue weighted by Gasteiger charge is -2.40. The summed E-state index contributed by atoms with van der Waals surface area (Å²) in [7, 11) is 1.15. The van der Waals surface area contributed by atoms with E-state index in [0.29, 0.717) is 11.3 Å². The first-order chi connectivity index (χ1) is 10.9. The molecule has 0 aromatic rings. The van der Waals surface area contributed by atoms with Gasteiger partial charge in [0.25, 0.3) is 0 Å². The molecule has 0 saturated carbocycles. The number of hydrogen-bond donors (Lipinski definition) is 0. The maximum Gasteiger partial charge on any atom is 0.471 e. The second-order valence-corrected chi connectivity index (χ2v) is 6.66. The fourth-order valence-electron chi connectivity index (χ4n) is 2.66. The molecule has 1 amide bonds. The monoisotopic (exact) mass is 353 g/mol. The molecular formula is C15H22F3NO5. The van der Waals surface area contributed by atoms with Crippen LogP contribution >= 0.6 is 0 Å². The summed E-state index contributed by atoms with van der Waals surface area (Å²) in [5.41, 5.74) is -0.933. The Kier molecular flexibility index (Phi) is 6.24. The van der Waals surface area contributed by atoms with Crippen LogP contribution in [0.3, 0.4) is 0 Å². The van der Waals surface area contributed by atoms with Crippen LogP contribution in [0.2, 0.25) is 0 Å². The second-order valence-electron chi connectivity index (χ2n) is 6.66. The number of carbonyl (C=O) groups is 3. The van der Waals surface area contributed by atoms with Crippen LogP contribution in [0.5, 0.6) is 0 Å². The van der Waals surface area contributed by atoms with E-state index in [1.165, 1.54) is 0 Å². The van der Waals surface area contributed by atoms with E-state index in [1.807, 2.05) is 0 Å². The van der Waals surface area contributed by atoms with Crippen LogP contribution in [0.25, 0.3) is 0 Å². The molecule has 0 radical (unpaired) electrons. The first kappa shape index (κ1) is 20.2. The van der Waals surface area contributed by atoms with Crippen LogP contribution in [0.1, 0.15) is 40.0 Å². The number of nitrogens with zero attached hydrogens (tertiary/aromatic N) is 1. The summed E-state index contributed by atoms with van der Waals surface area (Å²) in [5, 5.41) is 0. The van der Waals surface area contributed by atoms with E-state index in [2.05, 4.69) is 4.74 Å². The normalized spacial score (nSPS) is 22.0. The highest BCUT2D eigenvalue weighted by Crippen LogP contribution is 2.32. The number of carbonyl (C=O) groups excluding carboxylic acids is 3. The zero-order valence-electron chi connectivity index (χ0n) is 14.1. The Hall–Kier alpha value is -1.80. The minimum absolute atomic E-state index is 0.222. The zero-order valence-corrected chi connectivity index (χ0v) is 14.1. The lowest BCUT2D eigenvalue weighted by atomic mass is 9.86. The Bertz CT molecular complexity index is 498. The third-order valence-corrected chi connectivity index (χ3v) is 3.56. The van der Waals surface area contributed by atoms with Crippen LogP contribution in [-0.2, 0) is 23.9 Å². The van der Waals surface area contributed by atoms with Crippen molar-refractivity contribution >= 4 is 17.8 Å². The van der Waals surface area contributed by atoms with Crippen LogP contribution in [0.15, 0.2) is 0 Å². The lowest BCUT2D eigenvalue weighted by molar-refractivity contribution is -0.196. The van der Waals surface area contributed by atoms with Gasteiger partial charge < -0.3 is 14.4 Å². The van der Waals surface area contributed by atoms with Gasteiger partial charge in [0.1, 0.15) is 11.6 Å². The Labute approximate surface area is 138 Å². The lowest BCUT2D eigenvalue weighted by Crippen LogP contribution is -2.57. The first-order valence-corrected chi connectivity index (χ1v) is 7.54. The summed E-state index contributed by atoms with van der Waals surface area (Å²) in [6.45, 7) is 4.48. The van der Waals surface area contributed by atoms with Gasteiger partial charge in [0, 0.05) is 12.5 Å². The van der Waals surface area contributed by atoms with Gasteiger partial charge in [-0.15, -0.1) is 0 Å². The van der Waals surface area contributed by atoms with Crippen molar-refractivity contribution in [1.82, 2.24) is 4.90 Å². The van der Waals surface area contributed by atoms with Gasteiger partial charge in [-0.3, -0.25) is 9.59 Å². The first-order valence-electron chi connectivity index (χ1n) is 7.54. The predicted molar refractivity (Wildman–Crippen MR) is 76.8 cm³/mol. The summed E-state index contributed by atoms with van der Waals surface area (Å²) in [4.78, 5) is 36.0. The molecule has 2 atom stereocenters. The fourth-order valence-corrected chi connectivity index (χ4v) is 2.66. The molecule has 0 aromatic heterocycles. The van der Waals surface area contributed by atoms with Crippen molar-refractivity contribution < 1.29 is 37.0 Å². The number of piperidine rings is 1. The fraction of sp³-hybridized carbons (Fsp3) is 0.800. The number of rotatable bonds is 3. The number of likely N-dealkylation sites (tertiary alicyclic amines) is 1. The number of amides is 1. The van der Waals surface area contributed by atoms with Gasteiger partial charge in [0.2, 0.25) is 0 Å². The van der Waals surface area contributed by atoms with E-state index in [9.17, 15) is 27.6 Å². The standard InChI is InChI=1S/C15H22F3NO5/c1-14(2,3)24-12(21)11-9(8-10(20)23-4)6-5-7-19(11)13(22)15(16,17)18/h9,11H,5-8H2,1-4H3/t9-,11-/m1/s1. The number of alkyl halides is 3. The molecule has 1 rings (SSSR count). The van der Waals surface area contributed by atoms with Gasteiger partial charge in [-0.05, 0) is 33.6 Å². The number of hydrogen-bond acceptors (Lipinski definition) is 5. The zero-order chi connectivity index (χ0) is 18.7. The van der Waals surface area contributed by atoms with E-state index in [0.717, 1.165) is 7.11 Å². The molecule has 138 valence electrons. The van der Waals surface area contributed by atoms with Gasteiger partial charge in [-0.25, -0.2) is 4.79 Å². The number of methoxy groups -OCH3 is 1. The molecule has 0 unspecified atom stereocenters. The largest absolute Gasteiger partial charge is 0.471 e. The van der Waals surface area contributed by atoms with Crippen LogP contribution in [0.4, 0.5) is 13.2 Å². The van der Waals surface area contributed by atoms with Crippen molar-refractivity contribution in [2.24, 2.45) is 5.92 Å². The molecule has 0 bridgehead atoms. The molecule has 1 fully saturated rings. The quantitative estimate of drug-likeness (QED) is 0.726. The Balaban J connectivity index is 3.13. The minimum Gasteiger partial charge on any atom is -0.469 e. The van der Waals surface area contributed by atoms with Crippen molar-refractivity contribution in [3.05, 3.63) is 0 Å². The van der Waals surface area contributed by atoms with Crippen LogP contribution < -0.4 is 0 Å². The third kappa shape index (κ3) is 5.38. The molecule has 0 spiro atoms. The Morgan fingerprint density at radius 2 is 1.75 bits per heavy atom. The second kappa shape index (κ2) is 7.40.